The maximum absolute atomic E-state index is 12.9. The van der Waals surface area contributed by atoms with Crippen LogP contribution in [0, 0.1) is 0 Å². The maximum Gasteiger partial charge on any atom is 0.416 e. The Bertz CT molecular complexity index is 657. The lowest BCUT2D eigenvalue weighted by Crippen LogP contribution is -2.44. The third-order valence-electron chi connectivity index (χ3n) is 5.40. The molecule has 1 N–H and O–H groups in total. The van der Waals surface area contributed by atoms with Gasteiger partial charge in [-0.3, -0.25) is 9.69 Å². The Balaban J connectivity index is 1.51. The molecule has 168 valence electrons. The van der Waals surface area contributed by atoms with E-state index in [1.165, 1.54) is 12.1 Å². The maximum atomic E-state index is 12.9. The highest BCUT2D eigenvalue weighted by molar-refractivity contribution is 5.76. The lowest BCUT2D eigenvalue weighted by Gasteiger charge is -2.35. The smallest absolute Gasteiger partial charge is 0.379 e. The van der Waals surface area contributed by atoms with E-state index in [0.29, 0.717) is 46.1 Å². The van der Waals surface area contributed by atoms with Gasteiger partial charge in [-0.05, 0) is 30.5 Å². The van der Waals surface area contributed by atoms with Crippen LogP contribution in [0.2, 0.25) is 0 Å². The molecule has 1 amide bonds. The molecule has 2 atom stereocenters. The molecule has 1 aromatic carbocycles. The standard InChI is InChI=1S/C21H29F3N2O4/c22-21(23,24)17-5-3-16(4-6-17)19(26-8-12-28-13-9-26)14-25-20(27)7-11-29-15-18-2-1-10-30-18/h3-6,18-19H,1-2,7-15H2,(H,25,27). The van der Waals surface area contributed by atoms with Gasteiger partial charge in [-0.25, -0.2) is 0 Å². The van der Waals surface area contributed by atoms with Gasteiger partial charge in [0.25, 0.3) is 0 Å². The van der Waals surface area contributed by atoms with E-state index in [2.05, 4.69) is 10.2 Å². The van der Waals surface area contributed by atoms with Gasteiger partial charge >= 0.3 is 6.18 Å². The van der Waals surface area contributed by atoms with E-state index in [-0.39, 0.29) is 24.5 Å². The molecule has 30 heavy (non-hydrogen) atoms. The van der Waals surface area contributed by atoms with E-state index in [0.717, 1.165) is 37.1 Å². The summed E-state index contributed by atoms with van der Waals surface area (Å²) in [4.78, 5) is 14.4. The molecular formula is C21H29F3N2O4. The number of morpholine rings is 1. The SMILES string of the molecule is O=C(CCOCC1CCCO1)NCC(c1ccc(C(F)(F)F)cc1)N1CCOCC1. The largest absolute Gasteiger partial charge is 0.416 e. The molecule has 0 radical (unpaired) electrons. The highest BCUT2D eigenvalue weighted by Crippen LogP contribution is 2.31. The predicted octanol–water partition coefficient (Wildman–Crippen LogP) is 2.78. The predicted molar refractivity (Wildman–Crippen MR) is 104 cm³/mol. The monoisotopic (exact) mass is 430 g/mol. The molecule has 2 fully saturated rings. The molecule has 2 aliphatic rings. The van der Waals surface area contributed by atoms with Gasteiger partial charge in [0.1, 0.15) is 0 Å². The van der Waals surface area contributed by atoms with Crippen molar-refractivity contribution in [1.29, 1.82) is 0 Å². The summed E-state index contributed by atoms with van der Waals surface area (Å²) < 4.78 is 55.0. The van der Waals surface area contributed by atoms with Crippen molar-refractivity contribution < 1.29 is 32.2 Å². The van der Waals surface area contributed by atoms with E-state index in [4.69, 9.17) is 14.2 Å². The molecule has 0 spiro atoms. The van der Waals surface area contributed by atoms with Crippen LogP contribution in [-0.4, -0.2) is 69.6 Å². The molecule has 2 heterocycles. The molecule has 9 heteroatoms. The minimum atomic E-state index is -4.37. The summed E-state index contributed by atoms with van der Waals surface area (Å²) in [5, 5.41) is 2.90. The molecule has 1 aromatic rings. The van der Waals surface area contributed by atoms with Crippen LogP contribution < -0.4 is 5.32 Å². The molecule has 2 unspecified atom stereocenters. The highest BCUT2D eigenvalue weighted by Gasteiger charge is 2.31. The Morgan fingerprint density at radius 2 is 1.93 bits per heavy atom. The Labute approximate surface area is 174 Å². The van der Waals surface area contributed by atoms with E-state index < -0.39 is 11.7 Å². The Kier molecular flexibility index (Phi) is 8.50. The van der Waals surface area contributed by atoms with Crippen molar-refractivity contribution in [3.05, 3.63) is 35.4 Å². The van der Waals surface area contributed by atoms with Gasteiger partial charge in [0, 0.05) is 32.7 Å². The van der Waals surface area contributed by atoms with Gasteiger partial charge in [0.15, 0.2) is 0 Å². The van der Waals surface area contributed by atoms with E-state index in [1.54, 1.807) is 0 Å². The lowest BCUT2D eigenvalue weighted by atomic mass is 10.0. The van der Waals surface area contributed by atoms with Crippen molar-refractivity contribution in [2.45, 2.75) is 37.6 Å². The van der Waals surface area contributed by atoms with Crippen LogP contribution in [0.4, 0.5) is 13.2 Å². The zero-order chi connectivity index (χ0) is 21.4. The zero-order valence-corrected chi connectivity index (χ0v) is 17.0. The van der Waals surface area contributed by atoms with Crippen molar-refractivity contribution in [2.75, 3.05) is 52.7 Å². The van der Waals surface area contributed by atoms with Crippen molar-refractivity contribution >= 4 is 5.91 Å². The third kappa shape index (κ3) is 6.94. The van der Waals surface area contributed by atoms with Gasteiger partial charge in [-0.15, -0.1) is 0 Å². The minimum Gasteiger partial charge on any atom is -0.379 e. The first-order valence-corrected chi connectivity index (χ1v) is 10.4. The van der Waals surface area contributed by atoms with Gasteiger partial charge in [-0.1, -0.05) is 12.1 Å². The molecule has 0 saturated carbocycles. The zero-order valence-electron chi connectivity index (χ0n) is 17.0. The molecule has 0 bridgehead atoms. The molecule has 0 aromatic heterocycles. The summed E-state index contributed by atoms with van der Waals surface area (Å²) >= 11 is 0. The third-order valence-corrected chi connectivity index (χ3v) is 5.40. The lowest BCUT2D eigenvalue weighted by molar-refractivity contribution is -0.137. The molecule has 0 aliphatic carbocycles. The van der Waals surface area contributed by atoms with Crippen LogP contribution in [0.3, 0.4) is 0 Å². The average Bonchev–Trinajstić information content (AvgIpc) is 3.25. The number of carbonyl (C=O) groups is 1. The van der Waals surface area contributed by atoms with Crippen LogP contribution in [0.5, 0.6) is 0 Å². The first-order chi connectivity index (χ1) is 14.4. The fourth-order valence-corrected chi connectivity index (χ4v) is 3.70. The summed E-state index contributed by atoms with van der Waals surface area (Å²) in [6.45, 7) is 4.32. The number of hydrogen-bond donors (Lipinski definition) is 1. The van der Waals surface area contributed by atoms with Crippen LogP contribution in [0.15, 0.2) is 24.3 Å². The summed E-state index contributed by atoms with van der Waals surface area (Å²) in [5.41, 5.74) is 0.0548. The van der Waals surface area contributed by atoms with Gasteiger partial charge in [0.2, 0.25) is 5.91 Å². The van der Waals surface area contributed by atoms with E-state index >= 15 is 0 Å². The van der Waals surface area contributed by atoms with Gasteiger partial charge in [-0.2, -0.15) is 13.2 Å². The Hall–Kier alpha value is -1.68. The number of nitrogens with zero attached hydrogens (tertiary/aromatic N) is 1. The second-order valence-electron chi connectivity index (χ2n) is 7.55. The van der Waals surface area contributed by atoms with Gasteiger partial charge in [0.05, 0.1) is 44.1 Å². The van der Waals surface area contributed by atoms with Crippen molar-refractivity contribution in [2.24, 2.45) is 0 Å². The summed E-state index contributed by atoms with van der Waals surface area (Å²) in [6.07, 6.45) is -1.99. The number of ether oxygens (including phenoxy) is 3. The number of hydrogen-bond acceptors (Lipinski definition) is 5. The van der Waals surface area contributed by atoms with Crippen molar-refractivity contribution in [3.8, 4) is 0 Å². The quantitative estimate of drug-likeness (QED) is 0.611. The fourth-order valence-electron chi connectivity index (χ4n) is 3.70. The number of nitrogens with one attached hydrogen (secondary N) is 1. The average molecular weight is 430 g/mol. The highest BCUT2D eigenvalue weighted by atomic mass is 19.4. The Morgan fingerprint density at radius 3 is 2.57 bits per heavy atom. The summed E-state index contributed by atoms with van der Waals surface area (Å²) in [7, 11) is 0. The number of benzene rings is 1. The number of carbonyl (C=O) groups excluding carboxylic acids is 1. The topological polar surface area (TPSA) is 60.0 Å². The van der Waals surface area contributed by atoms with Crippen molar-refractivity contribution in [3.63, 3.8) is 0 Å². The minimum absolute atomic E-state index is 0.124. The normalized spacial score (nSPS) is 21.5. The van der Waals surface area contributed by atoms with Gasteiger partial charge < -0.3 is 19.5 Å². The van der Waals surface area contributed by atoms with Crippen LogP contribution >= 0.6 is 0 Å². The van der Waals surface area contributed by atoms with Crippen molar-refractivity contribution in [1.82, 2.24) is 10.2 Å². The second kappa shape index (κ2) is 11.1. The first kappa shape index (κ1) is 23.0. The fraction of sp³-hybridized carbons (Fsp3) is 0.667. The first-order valence-electron chi connectivity index (χ1n) is 10.4. The number of halogens is 3. The van der Waals surface area contributed by atoms with Crippen LogP contribution in [-0.2, 0) is 25.2 Å². The van der Waals surface area contributed by atoms with Crippen LogP contribution in [0.1, 0.15) is 36.4 Å². The number of amides is 1. The molecule has 2 aliphatic heterocycles. The van der Waals surface area contributed by atoms with Crippen LogP contribution in [0.25, 0.3) is 0 Å². The molecule has 3 rings (SSSR count). The number of alkyl halides is 3. The molecule has 2 saturated heterocycles. The van der Waals surface area contributed by atoms with E-state index in [9.17, 15) is 18.0 Å². The molecular weight excluding hydrogens is 401 g/mol. The Morgan fingerprint density at radius 1 is 1.20 bits per heavy atom. The summed E-state index contributed by atoms with van der Waals surface area (Å²) in [5.74, 6) is -0.146. The van der Waals surface area contributed by atoms with E-state index in [1.807, 2.05) is 0 Å². The summed E-state index contributed by atoms with van der Waals surface area (Å²) in [6, 6.07) is 4.93. The second-order valence-corrected chi connectivity index (χ2v) is 7.55. The number of rotatable bonds is 9. The molecule has 6 nitrogen and oxygen atoms in total.